The van der Waals surface area contributed by atoms with Crippen LogP contribution in [0.1, 0.15) is 51.3 Å². The van der Waals surface area contributed by atoms with Gasteiger partial charge in [-0.05, 0) is 37.1 Å². The van der Waals surface area contributed by atoms with Crippen molar-refractivity contribution in [3.63, 3.8) is 0 Å². The molecule has 1 amide bonds. The highest BCUT2D eigenvalue weighted by Crippen LogP contribution is 2.23. The van der Waals surface area contributed by atoms with Crippen LogP contribution in [0.15, 0.2) is 34.3 Å². The van der Waals surface area contributed by atoms with Crippen molar-refractivity contribution >= 4 is 33.4 Å². The summed E-state index contributed by atoms with van der Waals surface area (Å²) >= 11 is 1.32. The molecule has 0 atom stereocenters. The molecular weight excluding hydrogens is 422 g/mol. The zero-order valence-corrected chi connectivity index (χ0v) is 19.3. The van der Waals surface area contributed by atoms with Crippen LogP contribution in [0.25, 0.3) is 0 Å². The maximum atomic E-state index is 12.8. The van der Waals surface area contributed by atoms with Gasteiger partial charge in [0.05, 0.1) is 10.6 Å². The molecule has 1 aromatic carbocycles. The summed E-state index contributed by atoms with van der Waals surface area (Å²) < 4.78 is 29.1. The average Bonchev–Trinajstić information content (AvgIpc) is 2.90. The molecule has 0 unspecified atom stereocenters. The Labute approximate surface area is 182 Å². The number of amides is 1. The summed E-state index contributed by atoms with van der Waals surface area (Å²) in [5.74, 6) is 1.14. The molecular formula is C20H29N5O3S2. The van der Waals surface area contributed by atoms with Crippen molar-refractivity contribution in [2.75, 3.05) is 24.2 Å². The molecule has 0 bridgehead atoms. The first-order valence-corrected chi connectivity index (χ1v) is 12.6. The van der Waals surface area contributed by atoms with E-state index >= 15 is 0 Å². The number of hydrogen-bond donors (Lipinski definition) is 1. The van der Waals surface area contributed by atoms with Gasteiger partial charge in [-0.15, -0.1) is 10.2 Å². The number of thioether (sulfide) groups is 1. The highest BCUT2D eigenvalue weighted by molar-refractivity contribution is 7.99. The molecule has 30 heavy (non-hydrogen) atoms. The van der Waals surface area contributed by atoms with Gasteiger partial charge in [-0.25, -0.2) is 8.42 Å². The van der Waals surface area contributed by atoms with Crippen LogP contribution < -0.4 is 5.32 Å². The third-order valence-electron chi connectivity index (χ3n) is 5.06. The molecule has 1 aliphatic heterocycles. The van der Waals surface area contributed by atoms with E-state index in [0.717, 1.165) is 31.5 Å². The average molecular weight is 452 g/mol. The van der Waals surface area contributed by atoms with Crippen molar-refractivity contribution in [2.24, 2.45) is 7.05 Å². The van der Waals surface area contributed by atoms with Gasteiger partial charge in [0, 0.05) is 31.7 Å². The van der Waals surface area contributed by atoms with Crippen molar-refractivity contribution in [3.05, 3.63) is 30.1 Å². The monoisotopic (exact) mass is 451 g/mol. The van der Waals surface area contributed by atoms with Gasteiger partial charge in [0.2, 0.25) is 15.9 Å². The second-order valence-corrected chi connectivity index (χ2v) is 10.6. The first-order chi connectivity index (χ1) is 14.3. The Bertz CT molecular complexity index is 963. The number of rotatable bonds is 7. The molecule has 8 nitrogen and oxygen atoms in total. The van der Waals surface area contributed by atoms with E-state index in [2.05, 4.69) is 15.5 Å². The summed E-state index contributed by atoms with van der Waals surface area (Å²) in [5.41, 5.74) is 0.566. The molecule has 10 heteroatoms. The van der Waals surface area contributed by atoms with Gasteiger partial charge in [-0.3, -0.25) is 4.79 Å². The van der Waals surface area contributed by atoms with Gasteiger partial charge >= 0.3 is 0 Å². The van der Waals surface area contributed by atoms with E-state index in [1.807, 2.05) is 25.5 Å². The first kappa shape index (κ1) is 22.8. The number of carbonyl (C=O) groups excluding carboxylic acids is 1. The van der Waals surface area contributed by atoms with Gasteiger partial charge in [0.1, 0.15) is 5.82 Å². The molecule has 1 N–H and O–H groups in total. The molecule has 0 radical (unpaired) electrons. The third kappa shape index (κ3) is 5.41. The Balaban J connectivity index is 1.58. The number of hydrogen-bond acceptors (Lipinski definition) is 6. The summed E-state index contributed by atoms with van der Waals surface area (Å²) in [6.07, 6.45) is 3.94. The third-order valence-corrected chi connectivity index (χ3v) is 7.99. The van der Waals surface area contributed by atoms with Crippen LogP contribution >= 0.6 is 11.8 Å². The quantitative estimate of drug-likeness (QED) is 0.649. The van der Waals surface area contributed by atoms with Gasteiger partial charge in [-0.2, -0.15) is 4.31 Å². The van der Waals surface area contributed by atoms with E-state index in [9.17, 15) is 13.2 Å². The Morgan fingerprint density at radius 1 is 1.10 bits per heavy atom. The van der Waals surface area contributed by atoms with Crippen LogP contribution in [-0.4, -0.2) is 52.2 Å². The van der Waals surface area contributed by atoms with Crippen LogP contribution in [0, 0.1) is 0 Å². The number of carbonyl (C=O) groups is 1. The van der Waals surface area contributed by atoms with E-state index in [1.165, 1.54) is 11.8 Å². The minimum atomic E-state index is -3.49. The van der Waals surface area contributed by atoms with Crippen LogP contribution in [0.3, 0.4) is 0 Å². The van der Waals surface area contributed by atoms with Crippen LogP contribution in [0.4, 0.5) is 5.69 Å². The minimum absolute atomic E-state index is 0.183. The van der Waals surface area contributed by atoms with Gasteiger partial charge in [-0.1, -0.05) is 38.5 Å². The first-order valence-electron chi connectivity index (χ1n) is 10.2. The minimum Gasteiger partial charge on any atom is -0.325 e. The Morgan fingerprint density at radius 3 is 2.30 bits per heavy atom. The Morgan fingerprint density at radius 2 is 1.73 bits per heavy atom. The van der Waals surface area contributed by atoms with Crippen LogP contribution in [-0.2, 0) is 21.9 Å². The summed E-state index contributed by atoms with van der Waals surface area (Å²) in [6, 6.07) is 6.38. The van der Waals surface area contributed by atoms with Crippen molar-refractivity contribution in [2.45, 2.75) is 55.5 Å². The Kier molecular flexibility index (Phi) is 7.54. The van der Waals surface area contributed by atoms with Gasteiger partial charge < -0.3 is 9.88 Å². The van der Waals surface area contributed by atoms with Crippen LogP contribution in [0.2, 0.25) is 0 Å². The fourth-order valence-corrected chi connectivity index (χ4v) is 5.66. The lowest BCUT2D eigenvalue weighted by atomic mass is 10.2. The molecule has 2 aromatic rings. The molecule has 0 saturated carbocycles. The van der Waals surface area contributed by atoms with E-state index in [4.69, 9.17) is 0 Å². The van der Waals surface area contributed by atoms with Crippen molar-refractivity contribution in [1.29, 1.82) is 0 Å². The molecule has 1 fully saturated rings. The lowest BCUT2D eigenvalue weighted by Gasteiger charge is -2.20. The number of aromatic nitrogens is 3. The van der Waals surface area contributed by atoms with Crippen molar-refractivity contribution < 1.29 is 13.2 Å². The van der Waals surface area contributed by atoms with E-state index < -0.39 is 10.0 Å². The number of nitrogens with one attached hydrogen (secondary N) is 1. The number of nitrogens with zero attached hydrogens (tertiary/aromatic N) is 4. The zero-order chi connectivity index (χ0) is 21.7. The molecule has 1 aromatic heterocycles. The maximum Gasteiger partial charge on any atom is 0.243 e. The molecule has 0 spiro atoms. The molecule has 3 rings (SSSR count). The van der Waals surface area contributed by atoms with E-state index in [-0.39, 0.29) is 22.5 Å². The SMILES string of the molecule is CC(C)c1nnc(SCC(=O)Nc2ccc(S(=O)(=O)N3CCCCCC3)cc2)n1C. The Hall–Kier alpha value is -1.91. The second-order valence-electron chi connectivity index (χ2n) is 7.73. The summed E-state index contributed by atoms with van der Waals surface area (Å²) in [7, 11) is -1.60. The lowest BCUT2D eigenvalue weighted by Crippen LogP contribution is -2.31. The summed E-state index contributed by atoms with van der Waals surface area (Å²) in [4.78, 5) is 12.6. The summed E-state index contributed by atoms with van der Waals surface area (Å²) in [6.45, 7) is 5.22. The zero-order valence-electron chi connectivity index (χ0n) is 17.7. The number of benzene rings is 1. The topological polar surface area (TPSA) is 97.2 Å². The van der Waals surface area contributed by atoms with Crippen molar-refractivity contribution in [3.8, 4) is 0 Å². The van der Waals surface area contributed by atoms with E-state index in [0.29, 0.717) is 23.9 Å². The molecule has 0 aliphatic carbocycles. The van der Waals surface area contributed by atoms with Gasteiger partial charge in [0.15, 0.2) is 5.16 Å². The largest absolute Gasteiger partial charge is 0.325 e. The number of sulfonamides is 1. The highest BCUT2D eigenvalue weighted by Gasteiger charge is 2.25. The normalized spacial score (nSPS) is 15.9. The fourth-order valence-electron chi connectivity index (χ4n) is 3.42. The van der Waals surface area contributed by atoms with Gasteiger partial charge in [0.25, 0.3) is 0 Å². The lowest BCUT2D eigenvalue weighted by molar-refractivity contribution is -0.113. The molecule has 164 valence electrons. The predicted octanol–water partition coefficient (Wildman–Crippen LogP) is 3.23. The highest BCUT2D eigenvalue weighted by atomic mass is 32.2. The molecule has 1 aliphatic rings. The maximum absolute atomic E-state index is 12.8. The summed E-state index contributed by atoms with van der Waals surface area (Å²) in [5, 5.41) is 11.8. The van der Waals surface area contributed by atoms with Crippen molar-refractivity contribution in [1.82, 2.24) is 19.1 Å². The number of anilines is 1. The standard InChI is InChI=1S/C20H29N5O3S2/c1-15(2)19-22-23-20(24(19)3)29-14-18(26)21-16-8-10-17(11-9-16)30(27,28)25-12-6-4-5-7-13-25/h8-11,15H,4-7,12-14H2,1-3H3,(H,21,26). The predicted molar refractivity (Wildman–Crippen MR) is 118 cm³/mol. The second kappa shape index (κ2) is 9.93. The fraction of sp³-hybridized carbons (Fsp3) is 0.550. The smallest absolute Gasteiger partial charge is 0.243 e. The van der Waals surface area contributed by atoms with Crippen LogP contribution in [0.5, 0.6) is 0 Å². The molecule has 2 heterocycles. The van der Waals surface area contributed by atoms with E-state index in [1.54, 1.807) is 28.6 Å². The molecule has 1 saturated heterocycles.